The number of benzene rings is 1. The summed E-state index contributed by atoms with van der Waals surface area (Å²) in [5.41, 5.74) is 2.63. The molecule has 0 spiro atoms. The largest absolute Gasteiger partial charge is 0.373 e. The molecule has 92 valence electrons. The van der Waals surface area contributed by atoms with Gasteiger partial charge in [0.25, 0.3) is 0 Å². The van der Waals surface area contributed by atoms with Crippen molar-refractivity contribution in [1.29, 1.82) is 0 Å². The minimum Gasteiger partial charge on any atom is -0.373 e. The molecule has 0 amide bonds. The van der Waals surface area contributed by atoms with Crippen LogP contribution in [-0.4, -0.2) is 19.2 Å². The van der Waals surface area contributed by atoms with Gasteiger partial charge >= 0.3 is 0 Å². The Morgan fingerprint density at radius 3 is 2.53 bits per heavy atom. The van der Waals surface area contributed by atoms with Gasteiger partial charge in [-0.25, -0.2) is 0 Å². The molecule has 0 aromatic heterocycles. The van der Waals surface area contributed by atoms with E-state index in [1.54, 1.807) is 0 Å². The van der Waals surface area contributed by atoms with E-state index in [4.69, 9.17) is 4.74 Å². The van der Waals surface area contributed by atoms with Crippen LogP contribution in [0.4, 0.5) is 0 Å². The molecule has 2 nitrogen and oxygen atoms in total. The lowest BCUT2D eigenvalue weighted by Crippen LogP contribution is -2.47. The van der Waals surface area contributed by atoms with Crippen molar-refractivity contribution in [2.75, 3.05) is 7.11 Å². The Morgan fingerprint density at radius 1 is 1.24 bits per heavy atom. The van der Waals surface area contributed by atoms with Crippen LogP contribution >= 0.6 is 0 Å². The van der Waals surface area contributed by atoms with Gasteiger partial charge in [0, 0.05) is 19.2 Å². The maximum Gasteiger partial charge on any atom is 0.0957 e. The monoisotopic (exact) mass is 231 g/mol. The van der Waals surface area contributed by atoms with Gasteiger partial charge < -0.3 is 10.1 Å². The van der Waals surface area contributed by atoms with E-state index in [0.29, 0.717) is 12.1 Å². The molecule has 0 aliphatic carbocycles. The minimum absolute atomic E-state index is 0.0525. The van der Waals surface area contributed by atoms with Crippen molar-refractivity contribution in [3.05, 3.63) is 35.4 Å². The molecule has 2 heterocycles. The molecule has 17 heavy (non-hydrogen) atoms. The zero-order valence-corrected chi connectivity index (χ0v) is 10.7. The summed E-state index contributed by atoms with van der Waals surface area (Å²) in [7, 11) is 1.87. The number of rotatable bonds is 2. The van der Waals surface area contributed by atoms with Crippen LogP contribution in [0, 0.1) is 6.92 Å². The third-order valence-electron chi connectivity index (χ3n) is 4.42. The van der Waals surface area contributed by atoms with Gasteiger partial charge in [-0.05, 0) is 38.2 Å². The van der Waals surface area contributed by atoms with E-state index >= 15 is 0 Å². The van der Waals surface area contributed by atoms with Crippen molar-refractivity contribution < 1.29 is 4.74 Å². The molecule has 2 bridgehead atoms. The smallest absolute Gasteiger partial charge is 0.0957 e. The van der Waals surface area contributed by atoms with Gasteiger partial charge in [0.1, 0.15) is 0 Å². The van der Waals surface area contributed by atoms with E-state index in [1.165, 1.54) is 24.0 Å². The summed E-state index contributed by atoms with van der Waals surface area (Å²) in [5.74, 6) is 0. The second-order valence-electron chi connectivity index (χ2n) is 5.61. The maximum absolute atomic E-state index is 5.96. The average Bonchev–Trinajstić information content (AvgIpc) is 2.69. The van der Waals surface area contributed by atoms with Gasteiger partial charge in [-0.1, -0.05) is 29.8 Å². The highest BCUT2D eigenvalue weighted by Crippen LogP contribution is 2.43. The Labute approximate surface area is 103 Å². The van der Waals surface area contributed by atoms with E-state index in [-0.39, 0.29) is 5.60 Å². The van der Waals surface area contributed by atoms with E-state index in [9.17, 15) is 0 Å². The standard InChI is InChI=1S/C15H21NO/c1-11-4-3-5-12(8-11)15(17-2)9-13-6-7-14(10-15)16-13/h3-5,8,13-14,16H,6-7,9-10H2,1-2H3. The molecule has 0 radical (unpaired) electrons. The van der Waals surface area contributed by atoms with Gasteiger partial charge in [0.2, 0.25) is 0 Å². The summed E-state index contributed by atoms with van der Waals surface area (Å²) < 4.78 is 5.96. The Kier molecular flexibility index (Phi) is 2.72. The molecule has 1 aromatic carbocycles. The van der Waals surface area contributed by atoms with E-state index in [2.05, 4.69) is 36.5 Å². The molecule has 0 saturated carbocycles. The van der Waals surface area contributed by atoms with Crippen LogP contribution in [0.15, 0.2) is 24.3 Å². The minimum atomic E-state index is -0.0525. The quantitative estimate of drug-likeness (QED) is 0.845. The summed E-state index contributed by atoms with van der Waals surface area (Å²) in [4.78, 5) is 0. The van der Waals surface area contributed by atoms with E-state index in [1.807, 2.05) is 7.11 Å². The van der Waals surface area contributed by atoms with Crippen LogP contribution in [0.3, 0.4) is 0 Å². The van der Waals surface area contributed by atoms with Crippen molar-refractivity contribution in [1.82, 2.24) is 5.32 Å². The van der Waals surface area contributed by atoms with Gasteiger partial charge in [-0.2, -0.15) is 0 Å². The molecule has 3 rings (SSSR count). The highest BCUT2D eigenvalue weighted by Gasteiger charge is 2.44. The molecule has 1 N–H and O–H groups in total. The summed E-state index contributed by atoms with van der Waals surface area (Å²) in [6.07, 6.45) is 4.84. The normalized spacial score (nSPS) is 36.1. The predicted molar refractivity (Wildman–Crippen MR) is 69.0 cm³/mol. The number of methoxy groups -OCH3 is 1. The highest BCUT2D eigenvalue weighted by atomic mass is 16.5. The van der Waals surface area contributed by atoms with Gasteiger partial charge in [-0.3, -0.25) is 0 Å². The number of hydrogen-bond acceptors (Lipinski definition) is 2. The van der Waals surface area contributed by atoms with Crippen molar-refractivity contribution in [2.45, 2.75) is 50.3 Å². The van der Waals surface area contributed by atoms with Crippen LogP contribution in [0.5, 0.6) is 0 Å². The zero-order valence-electron chi connectivity index (χ0n) is 10.7. The Morgan fingerprint density at radius 2 is 1.94 bits per heavy atom. The van der Waals surface area contributed by atoms with Crippen LogP contribution in [0.1, 0.15) is 36.8 Å². The first kappa shape index (κ1) is 11.2. The van der Waals surface area contributed by atoms with Crippen LogP contribution in [0.2, 0.25) is 0 Å². The first-order valence-corrected chi connectivity index (χ1v) is 6.60. The maximum atomic E-state index is 5.96. The van der Waals surface area contributed by atoms with Crippen molar-refractivity contribution in [2.24, 2.45) is 0 Å². The number of hydrogen-bond donors (Lipinski definition) is 1. The summed E-state index contributed by atoms with van der Waals surface area (Å²) in [6, 6.07) is 10.1. The lowest BCUT2D eigenvalue weighted by atomic mass is 9.81. The fourth-order valence-corrected chi connectivity index (χ4v) is 3.55. The molecule has 2 aliphatic heterocycles. The summed E-state index contributed by atoms with van der Waals surface area (Å²) >= 11 is 0. The molecule has 2 aliphatic rings. The molecule has 2 fully saturated rings. The molecule has 2 unspecified atom stereocenters. The van der Waals surface area contributed by atoms with Crippen LogP contribution in [-0.2, 0) is 10.3 Å². The zero-order chi connectivity index (χ0) is 11.9. The number of nitrogens with one attached hydrogen (secondary N) is 1. The van der Waals surface area contributed by atoms with Crippen LogP contribution in [0.25, 0.3) is 0 Å². The molecule has 2 atom stereocenters. The number of ether oxygens (including phenoxy) is 1. The van der Waals surface area contributed by atoms with Crippen molar-refractivity contribution >= 4 is 0 Å². The summed E-state index contributed by atoms with van der Waals surface area (Å²) in [5, 5.41) is 3.68. The SMILES string of the molecule is COC1(c2cccc(C)c2)CC2CCC(C1)N2. The lowest BCUT2D eigenvalue weighted by Gasteiger charge is -2.40. The van der Waals surface area contributed by atoms with Gasteiger partial charge in [0.05, 0.1) is 5.60 Å². The fourth-order valence-electron chi connectivity index (χ4n) is 3.55. The molecular formula is C15H21NO. The predicted octanol–water partition coefficient (Wildman–Crippen LogP) is 2.75. The van der Waals surface area contributed by atoms with Crippen molar-refractivity contribution in [3.63, 3.8) is 0 Å². The highest BCUT2D eigenvalue weighted by molar-refractivity contribution is 5.29. The lowest BCUT2D eigenvalue weighted by molar-refractivity contribution is -0.0527. The average molecular weight is 231 g/mol. The number of piperidine rings is 1. The molecule has 2 heteroatoms. The fraction of sp³-hybridized carbons (Fsp3) is 0.600. The second kappa shape index (κ2) is 4.11. The number of aryl methyl sites for hydroxylation is 1. The van der Waals surface area contributed by atoms with Crippen LogP contribution < -0.4 is 5.32 Å². The Bertz CT molecular complexity index is 403. The first-order chi connectivity index (χ1) is 8.22. The first-order valence-electron chi connectivity index (χ1n) is 6.60. The third kappa shape index (κ3) is 1.90. The van der Waals surface area contributed by atoms with Gasteiger partial charge in [0.15, 0.2) is 0 Å². The topological polar surface area (TPSA) is 21.3 Å². The molecular weight excluding hydrogens is 210 g/mol. The Hall–Kier alpha value is -0.860. The summed E-state index contributed by atoms with van der Waals surface area (Å²) in [6.45, 7) is 2.16. The van der Waals surface area contributed by atoms with Crippen molar-refractivity contribution in [3.8, 4) is 0 Å². The van der Waals surface area contributed by atoms with E-state index < -0.39 is 0 Å². The molecule has 2 saturated heterocycles. The Balaban J connectivity index is 1.97. The van der Waals surface area contributed by atoms with E-state index in [0.717, 1.165) is 12.8 Å². The third-order valence-corrected chi connectivity index (χ3v) is 4.42. The van der Waals surface area contributed by atoms with Gasteiger partial charge in [-0.15, -0.1) is 0 Å². The second-order valence-corrected chi connectivity index (χ2v) is 5.61. The number of fused-ring (bicyclic) bond motifs is 2. The molecule has 1 aromatic rings.